The quantitative estimate of drug-likeness (QED) is 0.724. The van der Waals surface area contributed by atoms with Gasteiger partial charge in [0.15, 0.2) is 0 Å². The van der Waals surface area contributed by atoms with E-state index >= 15 is 0 Å². The van der Waals surface area contributed by atoms with Gasteiger partial charge in [0.05, 0.1) is 0 Å². The van der Waals surface area contributed by atoms with Gasteiger partial charge in [-0.15, -0.1) is 0 Å². The summed E-state index contributed by atoms with van der Waals surface area (Å²) in [6.07, 6.45) is 0.905. The Morgan fingerprint density at radius 3 is 2.92 bits per heavy atom. The zero-order valence-corrected chi connectivity index (χ0v) is 8.43. The van der Waals surface area contributed by atoms with E-state index in [2.05, 4.69) is 4.72 Å². The second-order valence-corrected chi connectivity index (χ2v) is 4.08. The summed E-state index contributed by atoms with van der Waals surface area (Å²) < 4.78 is 14.2. The highest BCUT2D eigenvalue weighted by molar-refractivity contribution is 7.86. The fraction of sp³-hybridized carbons (Fsp3) is 0.333. The number of hydrogen-bond donors (Lipinski definition) is 2. The van der Waals surface area contributed by atoms with E-state index in [0.29, 0.717) is 11.4 Å². The second kappa shape index (κ2) is 4.87. The van der Waals surface area contributed by atoms with Crippen molar-refractivity contribution in [3.05, 3.63) is 24.3 Å². The van der Waals surface area contributed by atoms with Gasteiger partial charge in [-0.3, -0.25) is 0 Å². The van der Waals surface area contributed by atoms with Crippen molar-refractivity contribution in [1.29, 1.82) is 0 Å². The van der Waals surface area contributed by atoms with Gasteiger partial charge in [0.1, 0.15) is 11.0 Å². The maximum absolute atomic E-state index is 11.3. The van der Waals surface area contributed by atoms with Crippen LogP contribution in [0.15, 0.2) is 24.3 Å². The van der Waals surface area contributed by atoms with Crippen LogP contribution in [0, 0.1) is 0 Å². The molecule has 3 N–H and O–H groups in total. The Kier molecular flexibility index (Phi) is 3.76. The van der Waals surface area contributed by atoms with Crippen LogP contribution in [-0.2, 0) is 11.0 Å². The Morgan fingerprint density at radius 2 is 2.31 bits per heavy atom. The van der Waals surface area contributed by atoms with E-state index in [9.17, 15) is 4.21 Å². The molecular weight excluding hydrogens is 184 g/mol. The molecule has 0 aromatic heterocycles. The normalized spacial score (nSPS) is 12.4. The van der Waals surface area contributed by atoms with Gasteiger partial charge < -0.3 is 10.5 Å². The summed E-state index contributed by atoms with van der Waals surface area (Å²) in [5.41, 5.74) is 7.06. The summed E-state index contributed by atoms with van der Waals surface area (Å²) in [6.45, 7) is 2.00. The van der Waals surface area contributed by atoms with E-state index in [1.165, 1.54) is 0 Å². The number of nitrogens with one attached hydrogen (secondary N) is 1. The highest BCUT2D eigenvalue weighted by Crippen LogP contribution is 2.12. The maximum Gasteiger partial charge on any atom is 0.117 e. The zero-order valence-electron chi connectivity index (χ0n) is 7.62. The Bertz CT molecular complexity index is 301. The third kappa shape index (κ3) is 3.46. The van der Waals surface area contributed by atoms with Gasteiger partial charge in [-0.1, -0.05) is 13.0 Å². The molecule has 0 saturated carbocycles. The average molecular weight is 198 g/mol. The van der Waals surface area contributed by atoms with Crippen LogP contribution >= 0.6 is 0 Å². The fourth-order valence-corrected chi connectivity index (χ4v) is 1.83. The largest absolute Gasteiger partial charge is 0.399 e. The van der Waals surface area contributed by atoms with Crippen LogP contribution in [0.25, 0.3) is 0 Å². The van der Waals surface area contributed by atoms with Crippen LogP contribution in [0.5, 0.6) is 0 Å². The molecule has 0 aliphatic carbocycles. The first-order chi connectivity index (χ1) is 6.22. The Morgan fingerprint density at radius 1 is 1.54 bits per heavy atom. The molecule has 4 heteroatoms. The van der Waals surface area contributed by atoms with Crippen LogP contribution in [0.2, 0.25) is 0 Å². The van der Waals surface area contributed by atoms with Gasteiger partial charge in [0.25, 0.3) is 0 Å². The smallest absolute Gasteiger partial charge is 0.117 e. The Balaban J connectivity index is 2.58. The summed E-state index contributed by atoms with van der Waals surface area (Å²) in [5, 5.41) is 0. The van der Waals surface area contributed by atoms with E-state index < -0.39 is 11.0 Å². The van der Waals surface area contributed by atoms with Crippen LogP contribution in [0.1, 0.15) is 13.3 Å². The van der Waals surface area contributed by atoms with Gasteiger partial charge in [-0.25, -0.2) is 4.21 Å². The van der Waals surface area contributed by atoms with Crippen molar-refractivity contribution in [2.24, 2.45) is 0 Å². The predicted molar refractivity (Wildman–Crippen MR) is 57.8 cm³/mol. The van der Waals surface area contributed by atoms with Crippen molar-refractivity contribution in [3.8, 4) is 0 Å². The number of anilines is 2. The second-order valence-electron chi connectivity index (χ2n) is 2.78. The molecule has 72 valence electrons. The molecule has 0 amide bonds. The van der Waals surface area contributed by atoms with E-state index in [1.807, 2.05) is 19.1 Å². The van der Waals surface area contributed by atoms with Crippen molar-refractivity contribution in [1.82, 2.24) is 0 Å². The fourth-order valence-electron chi connectivity index (χ4n) is 0.970. The third-order valence-corrected chi connectivity index (χ3v) is 2.75. The van der Waals surface area contributed by atoms with Gasteiger partial charge >= 0.3 is 0 Å². The molecule has 1 aromatic rings. The monoisotopic (exact) mass is 198 g/mol. The molecule has 13 heavy (non-hydrogen) atoms. The lowest BCUT2D eigenvalue weighted by Gasteiger charge is -2.04. The number of nitrogen functional groups attached to an aromatic ring is 1. The first kappa shape index (κ1) is 10.1. The van der Waals surface area contributed by atoms with Crippen molar-refractivity contribution >= 4 is 22.4 Å². The number of nitrogens with two attached hydrogens (primary N) is 1. The molecule has 3 nitrogen and oxygen atoms in total. The average Bonchev–Trinajstić information content (AvgIpc) is 2.04. The summed E-state index contributed by atoms with van der Waals surface area (Å²) in [7, 11) is -0.985. The molecule has 0 aliphatic rings. The van der Waals surface area contributed by atoms with E-state index in [4.69, 9.17) is 5.73 Å². The molecule has 0 fully saturated rings. The first-order valence-electron chi connectivity index (χ1n) is 4.23. The topological polar surface area (TPSA) is 55.1 Å². The molecular formula is C9H14N2OS. The highest BCUT2D eigenvalue weighted by Gasteiger charge is 1.97. The molecule has 0 radical (unpaired) electrons. The summed E-state index contributed by atoms with van der Waals surface area (Å²) in [6, 6.07) is 7.26. The van der Waals surface area contributed by atoms with Gasteiger partial charge in [-0.2, -0.15) is 0 Å². The van der Waals surface area contributed by atoms with Gasteiger partial charge in [-0.05, 0) is 24.6 Å². The molecule has 0 bridgehead atoms. The third-order valence-electron chi connectivity index (χ3n) is 1.51. The van der Waals surface area contributed by atoms with Crippen LogP contribution in [-0.4, -0.2) is 9.96 Å². The lowest BCUT2D eigenvalue weighted by Crippen LogP contribution is -2.07. The summed E-state index contributed by atoms with van der Waals surface area (Å²) in [4.78, 5) is 0. The SMILES string of the molecule is CCCS(=O)Nc1cccc(N)c1. The minimum Gasteiger partial charge on any atom is -0.399 e. The zero-order chi connectivity index (χ0) is 9.68. The molecule has 0 heterocycles. The summed E-state index contributed by atoms with van der Waals surface area (Å²) >= 11 is 0. The molecule has 1 unspecified atom stereocenters. The standard InChI is InChI=1S/C9H14N2OS/c1-2-6-13(12)11-9-5-3-4-8(10)7-9/h3-5,7,11H,2,6,10H2,1H3. The van der Waals surface area contributed by atoms with Crippen LogP contribution in [0.3, 0.4) is 0 Å². The Labute approximate surface area is 80.9 Å². The molecule has 1 atom stereocenters. The molecule has 0 saturated heterocycles. The lowest BCUT2D eigenvalue weighted by atomic mass is 10.3. The van der Waals surface area contributed by atoms with Gasteiger partial charge in [0.2, 0.25) is 0 Å². The van der Waals surface area contributed by atoms with Crippen LogP contribution in [0.4, 0.5) is 11.4 Å². The van der Waals surface area contributed by atoms with E-state index in [-0.39, 0.29) is 0 Å². The van der Waals surface area contributed by atoms with E-state index in [0.717, 1.165) is 12.1 Å². The number of benzene rings is 1. The molecule has 1 aromatic carbocycles. The summed E-state index contributed by atoms with van der Waals surface area (Å²) in [5.74, 6) is 0.662. The van der Waals surface area contributed by atoms with Crippen molar-refractivity contribution in [2.75, 3.05) is 16.2 Å². The van der Waals surface area contributed by atoms with Crippen molar-refractivity contribution in [3.63, 3.8) is 0 Å². The molecule has 1 rings (SSSR count). The minimum absolute atomic E-state index is 0.662. The Hall–Kier alpha value is -1.03. The molecule has 0 aliphatic heterocycles. The van der Waals surface area contributed by atoms with Crippen molar-refractivity contribution < 1.29 is 4.21 Å². The lowest BCUT2D eigenvalue weighted by molar-refractivity contribution is 0.685. The van der Waals surface area contributed by atoms with Crippen molar-refractivity contribution in [2.45, 2.75) is 13.3 Å². The predicted octanol–water partition coefficient (Wildman–Crippen LogP) is 1.75. The number of rotatable bonds is 4. The minimum atomic E-state index is -0.985. The van der Waals surface area contributed by atoms with Gasteiger partial charge in [0, 0.05) is 17.1 Å². The number of hydrogen-bond acceptors (Lipinski definition) is 2. The highest BCUT2D eigenvalue weighted by atomic mass is 32.2. The maximum atomic E-state index is 11.3. The first-order valence-corrected chi connectivity index (χ1v) is 5.55. The molecule has 0 spiro atoms. The van der Waals surface area contributed by atoms with Crippen LogP contribution < -0.4 is 10.5 Å². The van der Waals surface area contributed by atoms with E-state index in [1.54, 1.807) is 12.1 Å².